The third-order valence-electron chi connectivity index (χ3n) is 2.12. The van der Waals surface area contributed by atoms with E-state index in [1.165, 1.54) is 13.0 Å². The molecule has 0 bridgehead atoms. The minimum absolute atomic E-state index is 0.0555. The molecule has 1 rings (SSSR count). The van der Waals surface area contributed by atoms with Gasteiger partial charge in [0.2, 0.25) is 0 Å². The van der Waals surface area contributed by atoms with Gasteiger partial charge in [-0.05, 0) is 6.07 Å². The molecule has 0 heterocycles. The van der Waals surface area contributed by atoms with Crippen LogP contribution in [-0.4, -0.2) is 22.5 Å². The van der Waals surface area contributed by atoms with Crippen LogP contribution in [0, 0.1) is 16.0 Å². The van der Waals surface area contributed by atoms with Crippen molar-refractivity contribution in [1.29, 1.82) is 0 Å². The van der Waals surface area contributed by atoms with Gasteiger partial charge in [-0.25, -0.2) is 0 Å². The number of rotatable bonds is 5. The molecule has 86 valence electrons. The Bertz CT molecular complexity index is 406. The quantitative estimate of drug-likeness (QED) is 0.586. The van der Waals surface area contributed by atoms with Gasteiger partial charge in [0.15, 0.2) is 0 Å². The maximum atomic E-state index is 10.6. The number of nitro benzene ring substituents is 1. The van der Waals surface area contributed by atoms with Crippen LogP contribution in [0.25, 0.3) is 0 Å². The highest BCUT2D eigenvalue weighted by atomic mass is 16.6. The lowest BCUT2D eigenvalue weighted by Gasteiger charge is -2.09. The molecule has 2 N–H and O–H groups in total. The Balaban J connectivity index is 2.74. The Morgan fingerprint density at radius 2 is 2.19 bits per heavy atom. The highest BCUT2D eigenvalue weighted by Gasteiger charge is 2.15. The summed E-state index contributed by atoms with van der Waals surface area (Å²) in [6, 6.07) is 6.13. The zero-order valence-corrected chi connectivity index (χ0v) is 8.71. The highest BCUT2D eigenvalue weighted by Crippen LogP contribution is 2.23. The predicted molar refractivity (Wildman–Crippen MR) is 58.4 cm³/mol. The second-order valence-corrected chi connectivity index (χ2v) is 3.39. The molecule has 16 heavy (non-hydrogen) atoms. The minimum atomic E-state index is -0.939. The Hall–Kier alpha value is -2.11. The summed E-state index contributed by atoms with van der Waals surface area (Å²) >= 11 is 0. The van der Waals surface area contributed by atoms with Gasteiger partial charge in [-0.1, -0.05) is 19.1 Å². The van der Waals surface area contributed by atoms with Crippen LogP contribution in [0.4, 0.5) is 11.4 Å². The molecule has 1 aromatic carbocycles. The van der Waals surface area contributed by atoms with E-state index in [0.717, 1.165) is 0 Å². The van der Waals surface area contributed by atoms with E-state index in [9.17, 15) is 14.9 Å². The molecular formula is C10H12N2O4. The van der Waals surface area contributed by atoms with Crippen molar-refractivity contribution in [3.63, 3.8) is 0 Å². The molecule has 6 nitrogen and oxygen atoms in total. The van der Waals surface area contributed by atoms with Crippen LogP contribution >= 0.6 is 0 Å². The number of aliphatic carboxylic acids is 1. The van der Waals surface area contributed by atoms with Gasteiger partial charge < -0.3 is 10.4 Å². The largest absolute Gasteiger partial charge is 0.481 e. The summed E-state index contributed by atoms with van der Waals surface area (Å²) in [7, 11) is 0. The number of benzene rings is 1. The zero-order chi connectivity index (χ0) is 12.1. The SMILES string of the molecule is CC(CNc1ccccc1[N+](=O)[O-])C(=O)O. The molecule has 0 aromatic heterocycles. The standard InChI is InChI=1S/C10H12N2O4/c1-7(10(13)14)6-11-8-4-2-3-5-9(8)12(15)16/h2-5,7,11H,6H2,1H3,(H,13,14). The van der Waals surface area contributed by atoms with Crippen molar-refractivity contribution in [2.24, 2.45) is 5.92 Å². The summed E-state index contributed by atoms with van der Waals surface area (Å²) in [5.41, 5.74) is 0.278. The first-order chi connectivity index (χ1) is 7.52. The number of hydrogen-bond acceptors (Lipinski definition) is 4. The average Bonchev–Trinajstić information content (AvgIpc) is 2.25. The summed E-state index contributed by atoms with van der Waals surface area (Å²) in [5, 5.41) is 22.1. The van der Waals surface area contributed by atoms with E-state index >= 15 is 0 Å². The maximum Gasteiger partial charge on any atom is 0.308 e. The molecule has 0 saturated carbocycles. The van der Waals surface area contributed by atoms with Gasteiger partial charge in [0.05, 0.1) is 10.8 Å². The van der Waals surface area contributed by atoms with E-state index in [1.807, 2.05) is 0 Å². The van der Waals surface area contributed by atoms with E-state index in [0.29, 0.717) is 5.69 Å². The Morgan fingerprint density at radius 1 is 1.56 bits per heavy atom. The van der Waals surface area contributed by atoms with Crippen molar-refractivity contribution in [3.8, 4) is 0 Å². The van der Waals surface area contributed by atoms with Gasteiger partial charge >= 0.3 is 5.97 Å². The first-order valence-electron chi connectivity index (χ1n) is 4.72. The molecule has 6 heteroatoms. The molecule has 1 unspecified atom stereocenters. The second-order valence-electron chi connectivity index (χ2n) is 3.39. The number of hydrogen-bond donors (Lipinski definition) is 2. The summed E-state index contributed by atoms with van der Waals surface area (Å²) in [6.07, 6.45) is 0. The minimum Gasteiger partial charge on any atom is -0.481 e. The molecule has 0 aliphatic heterocycles. The van der Waals surface area contributed by atoms with Crippen LogP contribution in [-0.2, 0) is 4.79 Å². The molecule has 1 atom stereocenters. The summed E-state index contributed by atoms with van der Waals surface area (Å²) in [6.45, 7) is 1.68. The Morgan fingerprint density at radius 3 is 2.75 bits per heavy atom. The lowest BCUT2D eigenvalue weighted by molar-refractivity contribution is -0.384. The van der Waals surface area contributed by atoms with E-state index in [2.05, 4.69) is 5.32 Å². The number of nitrogens with zero attached hydrogens (tertiary/aromatic N) is 1. The van der Waals surface area contributed by atoms with Crippen LogP contribution in [0.5, 0.6) is 0 Å². The van der Waals surface area contributed by atoms with Crippen molar-refractivity contribution >= 4 is 17.3 Å². The number of para-hydroxylation sites is 2. The normalized spacial score (nSPS) is 11.8. The summed E-state index contributed by atoms with van der Waals surface area (Å²) in [5.74, 6) is -1.54. The monoisotopic (exact) mass is 224 g/mol. The number of nitro groups is 1. The van der Waals surface area contributed by atoms with E-state index in [4.69, 9.17) is 5.11 Å². The average molecular weight is 224 g/mol. The first kappa shape index (κ1) is 12.0. The summed E-state index contributed by atoms with van der Waals surface area (Å²) in [4.78, 5) is 20.7. The van der Waals surface area contributed by atoms with E-state index < -0.39 is 16.8 Å². The van der Waals surface area contributed by atoms with Crippen molar-refractivity contribution < 1.29 is 14.8 Å². The number of carbonyl (C=O) groups is 1. The Labute approximate surface area is 92.0 Å². The predicted octanol–water partition coefficient (Wildman–Crippen LogP) is 1.73. The smallest absolute Gasteiger partial charge is 0.308 e. The number of nitrogens with one attached hydrogen (secondary N) is 1. The number of carboxylic acid groups (broad SMARTS) is 1. The highest BCUT2D eigenvalue weighted by molar-refractivity contribution is 5.71. The topological polar surface area (TPSA) is 92.5 Å². The van der Waals surface area contributed by atoms with Crippen molar-refractivity contribution in [2.75, 3.05) is 11.9 Å². The maximum absolute atomic E-state index is 10.6. The molecular weight excluding hydrogens is 212 g/mol. The van der Waals surface area contributed by atoms with Gasteiger partial charge in [0.25, 0.3) is 5.69 Å². The lowest BCUT2D eigenvalue weighted by atomic mass is 10.2. The van der Waals surface area contributed by atoms with Gasteiger partial charge in [-0.15, -0.1) is 0 Å². The van der Waals surface area contributed by atoms with Crippen molar-refractivity contribution in [1.82, 2.24) is 0 Å². The lowest BCUT2D eigenvalue weighted by Crippen LogP contribution is -2.19. The molecule has 0 saturated heterocycles. The molecule has 0 aliphatic rings. The Kier molecular flexibility index (Phi) is 3.82. The molecule has 0 radical (unpaired) electrons. The number of carboxylic acids is 1. The van der Waals surface area contributed by atoms with Crippen LogP contribution in [0.15, 0.2) is 24.3 Å². The molecule has 0 fully saturated rings. The first-order valence-corrected chi connectivity index (χ1v) is 4.72. The van der Waals surface area contributed by atoms with Gasteiger partial charge in [-0.3, -0.25) is 14.9 Å². The molecule has 0 aliphatic carbocycles. The fraction of sp³-hybridized carbons (Fsp3) is 0.300. The van der Waals surface area contributed by atoms with E-state index in [1.54, 1.807) is 18.2 Å². The zero-order valence-electron chi connectivity index (χ0n) is 8.71. The van der Waals surface area contributed by atoms with Gasteiger partial charge in [0, 0.05) is 12.6 Å². The second kappa shape index (κ2) is 5.11. The van der Waals surface area contributed by atoms with Crippen LogP contribution in [0.2, 0.25) is 0 Å². The van der Waals surface area contributed by atoms with Crippen LogP contribution < -0.4 is 5.32 Å². The summed E-state index contributed by atoms with van der Waals surface area (Å²) < 4.78 is 0. The fourth-order valence-corrected chi connectivity index (χ4v) is 1.13. The van der Waals surface area contributed by atoms with Crippen molar-refractivity contribution in [2.45, 2.75) is 6.92 Å². The van der Waals surface area contributed by atoms with Gasteiger partial charge in [0.1, 0.15) is 5.69 Å². The molecule has 1 aromatic rings. The van der Waals surface area contributed by atoms with Crippen LogP contribution in [0.1, 0.15) is 6.92 Å². The third kappa shape index (κ3) is 2.94. The van der Waals surface area contributed by atoms with Crippen LogP contribution in [0.3, 0.4) is 0 Å². The molecule has 0 amide bonds. The van der Waals surface area contributed by atoms with Gasteiger partial charge in [-0.2, -0.15) is 0 Å². The molecule has 0 spiro atoms. The number of anilines is 1. The van der Waals surface area contributed by atoms with E-state index in [-0.39, 0.29) is 12.2 Å². The third-order valence-corrected chi connectivity index (χ3v) is 2.12. The fourth-order valence-electron chi connectivity index (χ4n) is 1.13. The van der Waals surface area contributed by atoms with Crippen molar-refractivity contribution in [3.05, 3.63) is 34.4 Å².